The van der Waals surface area contributed by atoms with Crippen LogP contribution >= 0.6 is 0 Å². The topological polar surface area (TPSA) is 0 Å². The lowest BCUT2D eigenvalue weighted by atomic mass is 10.2. The summed E-state index contributed by atoms with van der Waals surface area (Å²) in [6.07, 6.45) is 8.23. The molecule has 0 aliphatic carbocycles. The number of allylic oxidation sites excluding steroid dienone is 2. The Kier molecular flexibility index (Phi) is 7.39. The minimum Gasteiger partial charge on any atom is -0.247 e. The Morgan fingerprint density at radius 2 is 2.00 bits per heavy atom. The van der Waals surface area contributed by atoms with Crippen molar-refractivity contribution in [3.05, 3.63) is 12.2 Å². The summed E-state index contributed by atoms with van der Waals surface area (Å²) in [4.78, 5) is 0. The van der Waals surface area contributed by atoms with E-state index in [4.69, 9.17) is 0 Å². The van der Waals surface area contributed by atoms with Gasteiger partial charge in [0.05, 0.1) is 0 Å². The summed E-state index contributed by atoms with van der Waals surface area (Å²) in [7, 11) is 0. The first-order valence-electron chi connectivity index (χ1n) is 3.62. The first kappa shape index (κ1) is 8.67. The van der Waals surface area contributed by atoms with Crippen LogP contribution in [0.15, 0.2) is 12.2 Å². The predicted molar refractivity (Wildman–Crippen MR) is 39.3 cm³/mol. The van der Waals surface area contributed by atoms with Crippen LogP contribution in [0, 0.1) is 0 Å². The lowest BCUT2D eigenvalue weighted by Crippen LogP contribution is -1.70. The summed E-state index contributed by atoms with van der Waals surface area (Å²) in [6.45, 7) is 1.85. The highest BCUT2D eigenvalue weighted by atomic mass is 19.1. The Balaban J connectivity index is 2.82. The van der Waals surface area contributed by atoms with Gasteiger partial charge < -0.3 is 0 Å². The number of hydrogen-bond acceptors (Lipinski definition) is 0. The second-order valence-electron chi connectivity index (χ2n) is 2.12. The molecule has 0 spiro atoms. The Morgan fingerprint density at radius 3 is 2.56 bits per heavy atom. The van der Waals surface area contributed by atoms with Crippen LogP contribution in [0.3, 0.4) is 0 Å². The van der Waals surface area contributed by atoms with Crippen LogP contribution in [0.4, 0.5) is 4.39 Å². The molecule has 9 heavy (non-hydrogen) atoms. The van der Waals surface area contributed by atoms with Crippen molar-refractivity contribution in [2.24, 2.45) is 0 Å². The maximum Gasteiger partial charge on any atom is 0.108 e. The van der Waals surface area contributed by atoms with Crippen molar-refractivity contribution in [2.45, 2.75) is 32.6 Å². The summed E-state index contributed by atoms with van der Waals surface area (Å²) < 4.78 is 11.4. The molecule has 0 heterocycles. The number of halogens is 1. The minimum absolute atomic E-state index is 0.313. The van der Waals surface area contributed by atoms with Crippen molar-refractivity contribution in [3.8, 4) is 0 Å². The van der Waals surface area contributed by atoms with E-state index in [1.807, 2.05) is 6.08 Å². The number of unbranched alkanes of at least 4 members (excludes halogenated alkanes) is 3. The van der Waals surface area contributed by atoms with Gasteiger partial charge in [0, 0.05) is 0 Å². The minimum atomic E-state index is -0.313. The molecule has 0 rings (SSSR count). The van der Waals surface area contributed by atoms with E-state index < -0.39 is 0 Å². The molecule has 0 aliphatic rings. The van der Waals surface area contributed by atoms with E-state index >= 15 is 0 Å². The summed E-state index contributed by atoms with van der Waals surface area (Å²) in [5.74, 6) is 0. The molecule has 0 radical (unpaired) electrons. The van der Waals surface area contributed by atoms with Crippen molar-refractivity contribution in [1.29, 1.82) is 0 Å². The quantitative estimate of drug-likeness (QED) is 0.396. The summed E-state index contributed by atoms with van der Waals surface area (Å²) in [6, 6.07) is 0. The van der Waals surface area contributed by atoms with Crippen LogP contribution < -0.4 is 0 Å². The van der Waals surface area contributed by atoms with Gasteiger partial charge in [-0.1, -0.05) is 31.9 Å². The molecule has 0 atom stereocenters. The summed E-state index contributed by atoms with van der Waals surface area (Å²) in [5, 5.41) is 0. The van der Waals surface area contributed by atoms with E-state index in [9.17, 15) is 4.39 Å². The normalized spacial score (nSPS) is 10.9. The van der Waals surface area contributed by atoms with E-state index in [1.54, 1.807) is 6.08 Å². The molecule has 0 aromatic carbocycles. The van der Waals surface area contributed by atoms with Crippen LogP contribution in [-0.2, 0) is 0 Å². The van der Waals surface area contributed by atoms with Crippen molar-refractivity contribution in [3.63, 3.8) is 0 Å². The fraction of sp³-hybridized carbons (Fsp3) is 0.750. The van der Waals surface area contributed by atoms with E-state index in [0.29, 0.717) is 0 Å². The standard InChI is InChI=1S/C8H15F/c1-2-3-4-5-6-7-8-9/h6-7H,2-5,8H2,1H3/b7-6-. The first-order chi connectivity index (χ1) is 4.41. The average Bonchev–Trinajstić information content (AvgIpc) is 1.89. The Hall–Kier alpha value is -0.330. The second-order valence-corrected chi connectivity index (χ2v) is 2.12. The van der Waals surface area contributed by atoms with Crippen molar-refractivity contribution >= 4 is 0 Å². The molecule has 0 amide bonds. The largest absolute Gasteiger partial charge is 0.247 e. The molecule has 0 N–H and O–H groups in total. The number of hydrogen-bond donors (Lipinski definition) is 0. The second kappa shape index (κ2) is 7.67. The third kappa shape index (κ3) is 7.67. The van der Waals surface area contributed by atoms with Gasteiger partial charge in [-0.15, -0.1) is 0 Å². The lowest BCUT2D eigenvalue weighted by molar-refractivity contribution is 0.560. The van der Waals surface area contributed by atoms with Gasteiger partial charge >= 0.3 is 0 Å². The zero-order valence-electron chi connectivity index (χ0n) is 6.07. The number of alkyl halides is 1. The third-order valence-corrected chi connectivity index (χ3v) is 1.23. The first-order valence-corrected chi connectivity index (χ1v) is 3.62. The van der Waals surface area contributed by atoms with Crippen molar-refractivity contribution in [1.82, 2.24) is 0 Å². The molecule has 0 saturated heterocycles. The molecular weight excluding hydrogens is 115 g/mol. The summed E-state index contributed by atoms with van der Waals surface area (Å²) >= 11 is 0. The van der Waals surface area contributed by atoms with Gasteiger partial charge in [-0.3, -0.25) is 0 Å². The molecular formula is C8H15F. The average molecular weight is 130 g/mol. The molecule has 0 aromatic rings. The predicted octanol–water partition coefficient (Wildman–Crippen LogP) is 3.09. The van der Waals surface area contributed by atoms with Gasteiger partial charge in [-0.2, -0.15) is 0 Å². The Bertz CT molecular complexity index is 67.0. The Morgan fingerprint density at radius 1 is 1.22 bits per heavy atom. The smallest absolute Gasteiger partial charge is 0.108 e. The van der Waals surface area contributed by atoms with Crippen LogP contribution in [0.25, 0.3) is 0 Å². The third-order valence-electron chi connectivity index (χ3n) is 1.23. The Labute approximate surface area is 56.8 Å². The van der Waals surface area contributed by atoms with Gasteiger partial charge in [0.1, 0.15) is 6.67 Å². The molecule has 0 fully saturated rings. The molecule has 0 saturated carbocycles. The monoisotopic (exact) mass is 130 g/mol. The van der Waals surface area contributed by atoms with Gasteiger partial charge in [-0.25, -0.2) is 4.39 Å². The maximum atomic E-state index is 11.4. The van der Waals surface area contributed by atoms with Crippen LogP contribution in [0.1, 0.15) is 32.6 Å². The highest BCUT2D eigenvalue weighted by Crippen LogP contribution is 1.98. The zero-order chi connectivity index (χ0) is 6.95. The number of rotatable bonds is 5. The highest BCUT2D eigenvalue weighted by molar-refractivity contribution is 4.80. The van der Waals surface area contributed by atoms with E-state index in [-0.39, 0.29) is 6.67 Å². The van der Waals surface area contributed by atoms with Crippen LogP contribution in [0.2, 0.25) is 0 Å². The fourth-order valence-corrected chi connectivity index (χ4v) is 0.693. The van der Waals surface area contributed by atoms with Gasteiger partial charge in [0.2, 0.25) is 0 Å². The lowest BCUT2D eigenvalue weighted by Gasteiger charge is -1.89. The molecule has 0 nitrogen and oxygen atoms in total. The van der Waals surface area contributed by atoms with Crippen LogP contribution in [-0.4, -0.2) is 6.67 Å². The molecule has 0 unspecified atom stereocenters. The molecule has 1 heteroatoms. The van der Waals surface area contributed by atoms with E-state index in [1.165, 1.54) is 19.3 Å². The molecule has 0 aliphatic heterocycles. The SMILES string of the molecule is CCCCC/C=C\CF. The van der Waals surface area contributed by atoms with Crippen LogP contribution in [0.5, 0.6) is 0 Å². The van der Waals surface area contributed by atoms with Crippen molar-refractivity contribution in [2.75, 3.05) is 6.67 Å². The maximum absolute atomic E-state index is 11.4. The van der Waals surface area contributed by atoms with Gasteiger partial charge in [0.15, 0.2) is 0 Å². The molecule has 54 valence electrons. The van der Waals surface area contributed by atoms with E-state index in [2.05, 4.69) is 6.92 Å². The fourth-order valence-electron chi connectivity index (χ4n) is 0.693. The van der Waals surface area contributed by atoms with Gasteiger partial charge in [0.25, 0.3) is 0 Å². The zero-order valence-corrected chi connectivity index (χ0v) is 6.07. The van der Waals surface area contributed by atoms with Gasteiger partial charge in [-0.05, 0) is 12.8 Å². The highest BCUT2D eigenvalue weighted by Gasteiger charge is 1.79. The van der Waals surface area contributed by atoms with E-state index in [0.717, 1.165) is 6.42 Å². The summed E-state index contributed by atoms with van der Waals surface area (Å²) in [5.41, 5.74) is 0. The molecule has 0 aromatic heterocycles. The van der Waals surface area contributed by atoms with Crippen molar-refractivity contribution < 1.29 is 4.39 Å². The molecule has 0 bridgehead atoms.